The van der Waals surface area contributed by atoms with E-state index < -0.39 is 5.82 Å². The zero-order chi connectivity index (χ0) is 30.1. The molecule has 0 spiro atoms. The SMILES string of the molecule is Cc1ccc2c(oc3c(-c4ccc5c(c4)C(C)(C)CCC5(C)C)c(F)c(Oc4ccccc4)cc32)c1-c1cccc[n+]1C. The van der Waals surface area contributed by atoms with Gasteiger partial charge in [0.25, 0.3) is 0 Å². The number of ether oxygens (including phenoxy) is 1. The fraction of sp³-hybridized carbons (Fsp3) is 0.256. The maximum Gasteiger partial charge on any atom is 0.216 e. The van der Waals surface area contributed by atoms with Gasteiger partial charge in [-0.3, -0.25) is 0 Å². The number of para-hydroxylation sites is 1. The minimum atomic E-state index is -0.424. The second kappa shape index (κ2) is 9.80. The lowest BCUT2D eigenvalue weighted by atomic mass is 9.63. The van der Waals surface area contributed by atoms with E-state index in [1.807, 2.05) is 55.7 Å². The fourth-order valence-electron chi connectivity index (χ4n) is 6.82. The Morgan fingerprint density at radius 1 is 0.744 bits per heavy atom. The Kier molecular flexibility index (Phi) is 6.25. The van der Waals surface area contributed by atoms with Crippen LogP contribution in [-0.2, 0) is 17.9 Å². The van der Waals surface area contributed by atoms with Gasteiger partial charge < -0.3 is 9.15 Å². The molecule has 4 aromatic carbocycles. The van der Waals surface area contributed by atoms with Crippen molar-refractivity contribution in [1.29, 1.82) is 0 Å². The predicted octanol–water partition coefficient (Wildman–Crippen LogP) is 10.3. The van der Waals surface area contributed by atoms with Crippen LogP contribution in [0, 0.1) is 12.7 Å². The summed E-state index contributed by atoms with van der Waals surface area (Å²) < 4.78 is 31.9. The minimum absolute atomic E-state index is 0.0190. The first-order valence-corrected chi connectivity index (χ1v) is 15.1. The number of aryl methyl sites for hydroxylation is 2. The molecule has 0 unspecified atom stereocenters. The molecule has 7 rings (SSSR count). The van der Waals surface area contributed by atoms with Gasteiger partial charge in [-0.2, -0.15) is 0 Å². The summed E-state index contributed by atoms with van der Waals surface area (Å²) >= 11 is 0. The Bertz CT molecular complexity index is 2030. The number of hydrogen-bond acceptors (Lipinski definition) is 2. The van der Waals surface area contributed by atoms with Gasteiger partial charge in [0.2, 0.25) is 5.69 Å². The highest BCUT2D eigenvalue weighted by Gasteiger charge is 2.37. The smallest absolute Gasteiger partial charge is 0.216 e. The summed E-state index contributed by atoms with van der Waals surface area (Å²) in [5.41, 5.74) is 8.28. The summed E-state index contributed by atoms with van der Waals surface area (Å²) in [5.74, 6) is 0.341. The molecule has 4 heteroatoms. The van der Waals surface area contributed by atoms with Gasteiger partial charge in [-0.05, 0) is 77.1 Å². The van der Waals surface area contributed by atoms with Gasteiger partial charge in [-0.25, -0.2) is 8.96 Å². The van der Waals surface area contributed by atoms with Crippen LogP contribution < -0.4 is 9.30 Å². The van der Waals surface area contributed by atoms with Gasteiger partial charge in [-0.15, -0.1) is 0 Å². The van der Waals surface area contributed by atoms with Crippen LogP contribution in [0.2, 0.25) is 0 Å². The molecule has 2 heterocycles. The first-order chi connectivity index (χ1) is 20.5. The first kappa shape index (κ1) is 27.4. The van der Waals surface area contributed by atoms with Crippen LogP contribution in [0.5, 0.6) is 11.5 Å². The van der Waals surface area contributed by atoms with Crippen LogP contribution in [0.4, 0.5) is 4.39 Å². The van der Waals surface area contributed by atoms with Crippen LogP contribution >= 0.6 is 0 Å². The van der Waals surface area contributed by atoms with E-state index >= 15 is 4.39 Å². The first-order valence-electron chi connectivity index (χ1n) is 15.1. The van der Waals surface area contributed by atoms with Gasteiger partial charge in [0.1, 0.15) is 24.0 Å². The highest BCUT2D eigenvalue weighted by molar-refractivity contribution is 6.14. The molecule has 216 valence electrons. The lowest BCUT2D eigenvalue weighted by Gasteiger charge is -2.42. The lowest BCUT2D eigenvalue weighted by molar-refractivity contribution is -0.660. The van der Waals surface area contributed by atoms with E-state index in [2.05, 4.69) is 75.6 Å². The Balaban J connectivity index is 1.56. The maximum absolute atomic E-state index is 16.9. The molecule has 43 heavy (non-hydrogen) atoms. The van der Waals surface area contributed by atoms with E-state index in [0.29, 0.717) is 16.9 Å². The van der Waals surface area contributed by atoms with Crippen LogP contribution in [0.3, 0.4) is 0 Å². The van der Waals surface area contributed by atoms with Crippen molar-refractivity contribution >= 4 is 21.9 Å². The number of benzene rings is 4. The molecule has 0 saturated heterocycles. The van der Waals surface area contributed by atoms with Crippen molar-refractivity contribution in [2.75, 3.05) is 0 Å². The van der Waals surface area contributed by atoms with Crippen molar-refractivity contribution in [1.82, 2.24) is 0 Å². The highest BCUT2D eigenvalue weighted by atomic mass is 19.1. The predicted molar refractivity (Wildman–Crippen MR) is 172 cm³/mol. The molecule has 0 fully saturated rings. The van der Waals surface area contributed by atoms with Crippen molar-refractivity contribution in [3.05, 3.63) is 114 Å². The Morgan fingerprint density at radius 2 is 1.44 bits per heavy atom. The third-order valence-corrected chi connectivity index (χ3v) is 9.47. The largest absolute Gasteiger partial charge is 0.454 e. The summed E-state index contributed by atoms with van der Waals surface area (Å²) in [7, 11) is 2.03. The molecule has 0 aliphatic heterocycles. The average molecular weight is 571 g/mol. The Hall–Kier alpha value is -4.44. The average Bonchev–Trinajstić information content (AvgIpc) is 3.34. The standard InChI is InChI=1S/C39H37FNO2/c1-24-15-17-27-28-23-32(42-26-12-8-7-9-13-26)35(40)34(37(28)43-36(27)33(24)31-14-10-11-21-41(31)6)25-16-18-29-30(22-25)39(4,5)20-19-38(29,2)3/h7-18,21-23H,19-20H2,1-6H3/q+1. The van der Waals surface area contributed by atoms with Gasteiger partial charge in [0, 0.05) is 22.9 Å². The van der Waals surface area contributed by atoms with Gasteiger partial charge in [0.15, 0.2) is 17.8 Å². The Labute approximate surface area is 252 Å². The molecule has 6 aromatic rings. The molecule has 2 aromatic heterocycles. The molecule has 1 aliphatic carbocycles. The number of aromatic nitrogens is 1. The summed E-state index contributed by atoms with van der Waals surface area (Å²) in [5, 5.41) is 1.76. The number of hydrogen-bond donors (Lipinski definition) is 0. The van der Waals surface area contributed by atoms with E-state index in [1.165, 1.54) is 11.1 Å². The lowest BCUT2D eigenvalue weighted by Crippen LogP contribution is -2.33. The zero-order valence-corrected chi connectivity index (χ0v) is 25.7. The van der Waals surface area contributed by atoms with E-state index in [-0.39, 0.29) is 16.6 Å². The highest BCUT2D eigenvalue weighted by Crippen LogP contribution is 2.49. The summed E-state index contributed by atoms with van der Waals surface area (Å²) in [6.07, 6.45) is 4.23. The third kappa shape index (κ3) is 4.43. The third-order valence-electron chi connectivity index (χ3n) is 9.47. The monoisotopic (exact) mass is 570 g/mol. The van der Waals surface area contributed by atoms with Crippen molar-refractivity contribution in [2.45, 2.75) is 58.3 Å². The van der Waals surface area contributed by atoms with Crippen molar-refractivity contribution in [3.63, 3.8) is 0 Å². The van der Waals surface area contributed by atoms with Crippen molar-refractivity contribution in [3.8, 4) is 33.9 Å². The quantitative estimate of drug-likeness (QED) is 0.197. The number of halogens is 1. The van der Waals surface area contributed by atoms with E-state index in [9.17, 15) is 0 Å². The fourth-order valence-corrected chi connectivity index (χ4v) is 6.82. The molecule has 1 aliphatic rings. The molecule has 0 radical (unpaired) electrons. The van der Waals surface area contributed by atoms with Crippen LogP contribution in [-0.4, -0.2) is 0 Å². The maximum atomic E-state index is 16.9. The zero-order valence-electron chi connectivity index (χ0n) is 25.7. The van der Waals surface area contributed by atoms with Crippen LogP contribution in [0.1, 0.15) is 57.2 Å². The minimum Gasteiger partial charge on any atom is -0.454 e. The second-order valence-electron chi connectivity index (χ2n) is 13.3. The molecule has 0 atom stereocenters. The molecule has 0 amide bonds. The van der Waals surface area contributed by atoms with Gasteiger partial charge >= 0.3 is 0 Å². The molecular weight excluding hydrogens is 533 g/mol. The summed E-state index contributed by atoms with van der Waals surface area (Å²) in [6.45, 7) is 11.3. The van der Waals surface area contributed by atoms with Crippen molar-refractivity contribution in [2.24, 2.45) is 7.05 Å². The van der Waals surface area contributed by atoms with Crippen molar-refractivity contribution < 1.29 is 18.1 Å². The number of furan rings is 1. The van der Waals surface area contributed by atoms with Crippen LogP contribution in [0.15, 0.2) is 95.5 Å². The number of pyridine rings is 1. The van der Waals surface area contributed by atoms with E-state index in [1.54, 1.807) is 6.07 Å². The topological polar surface area (TPSA) is 26.2 Å². The molecule has 0 N–H and O–H groups in total. The number of rotatable bonds is 4. The molecule has 3 nitrogen and oxygen atoms in total. The summed E-state index contributed by atoms with van der Waals surface area (Å²) in [6, 6.07) is 28.0. The molecular formula is C39H37FNO2+. The molecule has 0 saturated carbocycles. The van der Waals surface area contributed by atoms with E-state index in [4.69, 9.17) is 9.15 Å². The molecule has 0 bridgehead atoms. The Morgan fingerprint density at radius 3 is 2.19 bits per heavy atom. The summed E-state index contributed by atoms with van der Waals surface area (Å²) in [4.78, 5) is 0. The van der Waals surface area contributed by atoms with E-state index in [0.717, 1.165) is 51.6 Å². The normalized spacial score (nSPS) is 15.5. The second-order valence-corrected chi connectivity index (χ2v) is 13.3. The van der Waals surface area contributed by atoms with Gasteiger partial charge in [0.05, 0.1) is 11.1 Å². The van der Waals surface area contributed by atoms with Crippen LogP contribution in [0.25, 0.3) is 44.3 Å². The van der Waals surface area contributed by atoms with Gasteiger partial charge in [-0.1, -0.05) is 76.2 Å². The number of fused-ring (bicyclic) bond motifs is 4. The number of nitrogens with zero attached hydrogens (tertiary/aromatic N) is 1.